The molecule has 0 saturated carbocycles. The zero-order valence-electron chi connectivity index (χ0n) is 7.58. The number of para-hydroxylation sites is 2. The van der Waals surface area contributed by atoms with Crippen LogP contribution in [0.1, 0.15) is 0 Å². The number of rotatable bonds is 3. The smallest absolute Gasteiger partial charge is 0.335 e. The summed E-state index contributed by atoms with van der Waals surface area (Å²) in [7, 11) is 0. The van der Waals surface area contributed by atoms with Crippen molar-refractivity contribution >= 4 is 24.1 Å². The number of nitrogens with zero attached hydrogens (tertiary/aromatic N) is 1. The Labute approximate surface area is 91.9 Å². The van der Waals surface area contributed by atoms with Gasteiger partial charge in [0.1, 0.15) is 0 Å². The van der Waals surface area contributed by atoms with E-state index < -0.39 is 10.9 Å². The van der Waals surface area contributed by atoms with Crippen LogP contribution >= 0.6 is 12.4 Å². The summed E-state index contributed by atoms with van der Waals surface area (Å²) in [6.45, 7) is 3.19. The fourth-order valence-electron chi connectivity index (χ4n) is 0.844. The summed E-state index contributed by atoms with van der Waals surface area (Å²) in [5.74, 6) is -0.804. The van der Waals surface area contributed by atoms with Gasteiger partial charge in [0.25, 0.3) is 0 Å². The minimum atomic E-state index is -0.723. The third kappa shape index (κ3) is 3.40. The number of ether oxygens (including phenoxy) is 1. The monoisotopic (exact) mass is 229 g/mol. The van der Waals surface area contributed by atoms with E-state index in [0.29, 0.717) is 0 Å². The lowest BCUT2D eigenvalue weighted by atomic mass is 10.3. The van der Waals surface area contributed by atoms with E-state index in [2.05, 4.69) is 11.3 Å². The van der Waals surface area contributed by atoms with Gasteiger partial charge >= 0.3 is 11.7 Å². The molecular weight excluding hydrogens is 222 g/mol. The number of nitro benzene ring substituents is 1. The average Bonchev–Trinajstić information content (AvgIpc) is 2.18. The summed E-state index contributed by atoms with van der Waals surface area (Å²) in [6.07, 6.45) is 0.941. The topological polar surface area (TPSA) is 69.4 Å². The fraction of sp³-hybridized carbons (Fsp3) is 0. The highest BCUT2D eigenvalue weighted by molar-refractivity contribution is 5.85. The lowest BCUT2D eigenvalue weighted by Crippen LogP contribution is -2.05. The number of carbonyl (C=O) groups is 1. The van der Waals surface area contributed by atoms with Gasteiger partial charge in [0.2, 0.25) is 5.75 Å². The molecule has 0 saturated heterocycles. The number of halogens is 1. The van der Waals surface area contributed by atoms with Gasteiger partial charge < -0.3 is 4.74 Å². The van der Waals surface area contributed by atoms with Crippen molar-refractivity contribution in [3.63, 3.8) is 0 Å². The Balaban J connectivity index is 0.00000196. The molecule has 1 aromatic carbocycles. The second kappa shape index (κ2) is 5.77. The van der Waals surface area contributed by atoms with E-state index in [9.17, 15) is 14.9 Å². The van der Waals surface area contributed by atoms with Gasteiger partial charge in [-0.05, 0) is 6.07 Å². The van der Waals surface area contributed by atoms with Gasteiger partial charge in [-0.3, -0.25) is 10.1 Å². The van der Waals surface area contributed by atoms with E-state index in [4.69, 9.17) is 0 Å². The maximum absolute atomic E-state index is 10.8. The first-order chi connectivity index (χ1) is 6.65. The van der Waals surface area contributed by atoms with Crippen molar-refractivity contribution in [1.29, 1.82) is 0 Å². The van der Waals surface area contributed by atoms with Crippen LogP contribution in [-0.2, 0) is 4.79 Å². The Morgan fingerprint density at radius 3 is 2.60 bits per heavy atom. The molecular formula is C9H8ClNO4. The van der Waals surface area contributed by atoms with Crippen LogP contribution in [0.5, 0.6) is 5.75 Å². The molecule has 0 heterocycles. The first-order valence-electron chi connectivity index (χ1n) is 3.73. The number of benzene rings is 1. The second-order valence-corrected chi connectivity index (χ2v) is 2.35. The number of carbonyl (C=O) groups excluding carboxylic acids is 1. The molecule has 0 fully saturated rings. The summed E-state index contributed by atoms with van der Waals surface area (Å²) < 4.78 is 4.66. The highest BCUT2D eigenvalue weighted by Gasteiger charge is 2.15. The van der Waals surface area contributed by atoms with E-state index >= 15 is 0 Å². The van der Waals surface area contributed by atoms with Crippen molar-refractivity contribution in [3.8, 4) is 5.75 Å². The quantitative estimate of drug-likeness (QED) is 0.262. The predicted octanol–water partition coefficient (Wildman–Crippen LogP) is 2.11. The van der Waals surface area contributed by atoms with Crippen molar-refractivity contribution in [3.05, 3.63) is 47.0 Å². The van der Waals surface area contributed by atoms with Gasteiger partial charge in [0.05, 0.1) is 4.92 Å². The zero-order chi connectivity index (χ0) is 10.6. The molecule has 0 aliphatic heterocycles. The summed E-state index contributed by atoms with van der Waals surface area (Å²) in [5.41, 5.74) is -0.247. The van der Waals surface area contributed by atoms with Crippen molar-refractivity contribution in [1.82, 2.24) is 0 Å². The van der Waals surface area contributed by atoms with Crippen LogP contribution in [0.4, 0.5) is 5.69 Å². The molecule has 0 aliphatic carbocycles. The molecule has 1 rings (SSSR count). The van der Waals surface area contributed by atoms with Crippen LogP contribution in [-0.4, -0.2) is 10.9 Å². The number of hydrogen-bond donors (Lipinski definition) is 0. The van der Waals surface area contributed by atoms with Crippen LogP contribution in [0.3, 0.4) is 0 Å². The number of hydrogen-bond acceptors (Lipinski definition) is 4. The van der Waals surface area contributed by atoms with Crippen molar-refractivity contribution < 1.29 is 14.5 Å². The molecule has 0 bridgehead atoms. The number of esters is 1. The van der Waals surface area contributed by atoms with Crippen LogP contribution in [0, 0.1) is 10.1 Å². The summed E-state index contributed by atoms with van der Waals surface area (Å²) >= 11 is 0. The third-order valence-corrected chi connectivity index (χ3v) is 1.44. The Kier molecular flexibility index (Phi) is 5.04. The van der Waals surface area contributed by atoms with Gasteiger partial charge in [0.15, 0.2) is 0 Å². The van der Waals surface area contributed by atoms with Crippen LogP contribution < -0.4 is 4.74 Å². The maximum Gasteiger partial charge on any atom is 0.335 e. The standard InChI is InChI=1S/C9H7NO4.ClH/c1-2-9(11)14-8-6-4-3-5-7(8)10(12)13;/h2-6H,1H2;1H. The van der Waals surface area contributed by atoms with Gasteiger partial charge in [-0.2, -0.15) is 0 Å². The first-order valence-corrected chi connectivity index (χ1v) is 3.73. The minimum Gasteiger partial charge on any atom is -0.416 e. The molecule has 0 radical (unpaired) electrons. The molecule has 80 valence electrons. The molecule has 0 amide bonds. The molecule has 1 aromatic rings. The van der Waals surface area contributed by atoms with Gasteiger partial charge in [-0.1, -0.05) is 18.7 Å². The highest BCUT2D eigenvalue weighted by Crippen LogP contribution is 2.25. The van der Waals surface area contributed by atoms with Crippen molar-refractivity contribution in [2.75, 3.05) is 0 Å². The number of nitro groups is 1. The van der Waals surface area contributed by atoms with E-state index in [1.54, 1.807) is 6.07 Å². The molecule has 0 atom stereocenters. The van der Waals surface area contributed by atoms with Crippen molar-refractivity contribution in [2.24, 2.45) is 0 Å². The van der Waals surface area contributed by atoms with E-state index in [1.165, 1.54) is 18.2 Å². The van der Waals surface area contributed by atoms with Crippen LogP contribution in [0.25, 0.3) is 0 Å². The Bertz CT molecular complexity index is 391. The van der Waals surface area contributed by atoms with Gasteiger partial charge in [-0.15, -0.1) is 12.4 Å². The Hall–Kier alpha value is -1.88. The van der Waals surface area contributed by atoms with Crippen molar-refractivity contribution in [2.45, 2.75) is 0 Å². The van der Waals surface area contributed by atoms with Crippen LogP contribution in [0.2, 0.25) is 0 Å². The Morgan fingerprint density at radius 1 is 1.47 bits per heavy atom. The first kappa shape index (κ1) is 13.1. The van der Waals surface area contributed by atoms with E-state index in [0.717, 1.165) is 6.08 Å². The molecule has 0 aliphatic rings. The zero-order valence-corrected chi connectivity index (χ0v) is 8.40. The summed E-state index contributed by atoms with van der Waals surface area (Å²) in [4.78, 5) is 20.7. The SMILES string of the molecule is C=CC(=O)Oc1ccccc1[N+](=O)[O-].Cl. The van der Waals surface area contributed by atoms with E-state index in [-0.39, 0.29) is 23.8 Å². The molecule has 0 spiro atoms. The largest absolute Gasteiger partial charge is 0.416 e. The summed E-state index contributed by atoms with van der Waals surface area (Å²) in [5, 5.41) is 10.5. The predicted molar refractivity (Wildman–Crippen MR) is 56.2 cm³/mol. The van der Waals surface area contributed by atoms with Gasteiger partial charge in [0, 0.05) is 12.1 Å². The fourth-order valence-corrected chi connectivity index (χ4v) is 0.844. The maximum atomic E-state index is 10.8. The second-order valence-electron chi connectivity index (χ2n) is 2.35. The molecule has 5 nitrogen and oxygen atoms in total. The molecule has 0 aromatic heterocycles. The van der Waals surface area contributed by atoms with E-state index in [1.807, 2.05) is 0 Å². The van der Waals surface area contributed by atoms with Gasteiger partial charge in [-0.25, -0.2) is 4.79 Å². The summed E-state index contributed by atoms with van der Waals surface area (Å²) in [6, 6.07) is 5.63. The lowest BCUT2D eigenvalue weighted by molar-refractivity contribution is -0.385. The average molecular weight is 230 g/mol. The normalized spacial score (nSPS) is 8.53. The molecule has 15 heavy (non-hydrogen) atoms. The molecule has 6 heteroatoms. The third-order valence-electron chi connectivity index (χ3n) is 1.44. The lowest BCUT2D eigenvalue weighted by Gasteiger charge is -2.00. The molecule has 0 unspecified atom stereocenters. The molecule has 0 N–H and O–H groups in total. The highest BCUT2D eigenvalue weighted by atomic mass is 35.5. The minimum absolute atomic E-state index is 0. The Morgan fingerprint density at radius 2 is 2.07 bits per heavy atom. The van der Waals surface area contributed by atoms with Crippen LogP contribution in [0.15, 0.2) is 36.9 Å².